The average molecular weight is 390 g/mol. The second kappa shape index (κ2) is 7.27. The summed E-state index contributed by atoms with van der Waals surface area (Å²) < 4.78 is 28.8. The molecule has 1 N–H and O–H groups in total. The van der Waals surface area contributed by atoms with Crippen molar-refractivity contribution < 1.29 is 13.6 Å². The van der Waals surface area contributed by atoms with Gasteiger partial charge in [0.05, 0.1) is 27.9 Å². The Labute approximate surface area is 160 Å². The van der Waals surface area contributed by atoms with E-state index in [0.717, 1.165) is 36.0 Å². The van der Waals surface area contributed by atoms with Gasteiger partial charge in [-0.1, -0.05) is 30.9 Å². The quantitative estimate of drug-likeness (QED) is 0.582. The summed E-state index contributed by atoms with van der Waals surface area (Å²) in [6, 6.07) is 7.50. The minimum absolute atomic E-state index is 0.122. The lowest BCUT2D eigenvalue weighted by Gasteiger charge is -2.23. The molecule has 4 rings (SSSR count). The molecule has 4 nitrogen and oxygen atoms in total. The van der Waals surface area contributed by atoms with E-state index in [2.05, 4.69) is 14.9 Å². The van der Waals surface area contributed by atoms with Crippen LogP contribution in [0.15, 0.2) is 36.7 Å². The number of fused-ring (bicyclic) bond motifs is 1. The first kappa shape index (κ1) is 17.9. The second-order valence-corrected chi connectivity index (χ2v) is 7.25. The molecule has 2 aromatic carbocycles. The summed E-state index contributed by atoms with van der Waals surface area (Å²) in [5.74, 6) is -2.82. The molecular formula is C20H18ClF2N3O. The van der Waals surface area contributed by atoms with Crippen LogP contribution in [0.5, 0.6) is 0 Å². The van der Waals surface area contributed by atoms with E-state index < -0.39 is 17.5 Å². The molecule has 1 saturated carbocycles. The molecule has 0 radical (unpaired) electrons. The first-order valence-electron chi connectivity index (χ1n) is 8.95. The standard InChI is InChI=1S/C20H18ClF2N3O/c21-15-10-17(23)16(22)9-14(15)20(27)25-12-6-7-19-18(8-12)24-11-26(19)13-4-2-1-3-5-13/h6-11,13H,1-5H2,(H,25,27). The summed E-state index contributed by atoms with van der Waals surface area (Å²) in [7, 11) is 0. The summed E-state index contributed by atoms with van der Waals surface area (Å²) in [5, 5.41) is 2.52. The highest BCUT2D eigenvalue weighted by atomic mass is 35.5. The van der Waals surface area contributed by atoms with Crippen LogP contribution in [0.3, 0.4) is 0 Å². The molecule has 1 heterocycles. The number of imidazole rings is 1. The third kappa shape index (κ3) is 3.54. The molecular weight excluding hydrogens is 372 g/mol. The number of nitrogens with one attached hydrogen (secondary N) is 1. The molecule has 1 aliphatic rings. The number of aromatic nitrogens is 2. The van der Waals surface area contributed by atoms with Gasteiger partial charge in [0.25, 0.3) is 5.91 Å². The molecule has 27 heavy (non-hydrogen) atoms. The summed E-state index contributed by atoms with van der Waals surface area (Å²) in [6.45, 7) is 0. The number of carbonyl (C=O) groups excluding carboxylic acids is 1. The van der Waals surface area contributed by atoms with Gasteiger partial charge >= 0.3 is 0 Å². The molecule has 1 fully saturated rings. The summed E-state index contributed by atoms with van der Waals surface area (Å²) in [5.41, 5.74) is 2.19. The molecule has 0 unspecified atom stereocenters. The lowest BCUT2D eigenvalue weighted by Crippen LogP contribution is -2.13. The number of rotatable bonds is 3. The molecule has 3 aromatic rings. The van der Waals surface area contributed by atoms with E-state index in [1.807, 2.05) is 12.4 Å². The predicted octanol–water partition coefficient (Wildman–Crippen LogP) is 5.73. The van der Waals surface area contributed by atoms with Crippen molar-refractivity contribution in [2.24, 2.45) is 0 Å². The van der Waals surface area contributed by atoms with Crippen LogP contribution in [-0.2, 0) is 0 Å². The first-order valence-corrected chi connectivity index (χ1v) is 9.33. The lowest BCUT2D eigenvalue weighted by atomic mass is 9.95. The lowest BCUT2D eigenvalue weighted by molar-refractivity contribution is 0.102. The van der Waals surface area contributed by atoms with Crippen molar-refractivity contribution in [1.29, 1.82) is 0 Å². The SMILES string of the molecule is O=C(Nc1ccc2c(c1)ncn2C1CCCCC1)c1cc(F)c(F)cc1Cl. The van der Waals surface area contributed by atoms with Gasteiger partial charge in [0, 0.05) is 11.7 Å². The van der Waals surface area contributed by atoms with Crippen LogP contribution in [0.4, 0.5) is 14.5 Å². The molecule has 7 heteroatoms. The Bertz CT molecular complexity index is 1010. The van der Waals surface area contributed by atoms with Crippen molar-refractivity contribution >= 4 is 34.2 Å². The van der Waals surface area contributed by atoms with Gasteiger partial charge in [0.2, 0.25) is 0 Å². The van der Waals surface area contributed by atoms with E-state index in [1.54, 1.807) is 12.1 Å². The summed E-state index contributed by atoms with van der Waals surface area (Å²) in [6.07, 6.45) is 7.89. The third-order valence-corrected chi connectivity index (χ3v) is 5.37. The van der Waals surface area contributed by atoms with Crippen LogP contribution in [0.1, 0.15) is 48.5 Å². The van der Waals surface area contributed by atoms with Crippen molar-refractivity contribution in [2.75, 3.05) is 5.32 Å². The Morgan fingerprint density at radius 2 is 1.85 bits per heavy atom. The van der Waals surface area contributed by atoms with E-state index in [4.69, 9.17) is 11.6 Å². The maximum atomic E-state index is 13.4. The van der Waals surface area contributed by atoms with Crippen LogP contribution in [0.2, 0.25) is 5.02 Å². The minimum atomic E-state index is -1.12. The second-order valence-electron chi connectivity index (χ2n) is 6.85. The van der Waals surface area contributed by atoms with Crippen molar-refractivity contribution in [2.45, 2.75) is 38.1 Å². The number of anilines is 1. The molecule has 1 aliphatic carbocycles. The van der Waals surface area contributed by atoms with Gasteiger partial charge < -0.3 is 9.88 Å². The molecule has 1 aromatic heterocycles. The Kier molecular flexibility index (Phi) is 4.83. The Balaban J connectivity index is 1.58. The third-order valence-electron chi connectivity index (χ3n) is 5.06. The normalized spacial score (nSPS) is 15.2. The molecule has 140 valence electrons. The summed E-state index contributed by atoms with van der Waals surface area (Å²) in [4.78, 5) is 16.8. The fourth-order valence-corrected chi connectivity index (χ4v) is 3.89. The van der Waals surface area contributed by atoms with Crippen molar-refractivity contribution in [3.63, 3.8) is 0 Å². The van der Waals surface area contributed by atoms with E-state index in [0.29, 0.717) is 11.7 Å². The highest BCUT2D eigenvalue weighted by Gasteiger charge is 2.18. The number of carbonyl (C=O) groups is 1. The molecule has 0 bridgehead atoms. The van der Waals surface area contributed by atoms with E-state index in [-0.39, 0.29) is 10.6 Å². The van der Waals surface area contributed by atoms with Gasteiger partial charge in [-0.2, -0.15) is 0 Å². The number of benzene rings is 2. The first-order chi connectivity index (χ1) is 13.0. The van der Waals surface area contributed by atoms with E-state index in [1.165, 1.54) is 19.3 Å². The maximum absolute atomic E-state index is 13.4. The predicted molar refractivity (Wildman–Crippen MR) is 101 cm³/mol. The van der Waals surface area contributed by atoms with E-state index >= 15 is 0 Å². The maximum Gasteiger partial charge on any atom is 0.257 e. The Morgan fingerprint density at radius 3 is 2.63 bits per heavy atom. The van der Waals surface area contributed by atoms with Gasteiger partial charge in [-0.15, -0.1) is 0 Å². The van der Waals surface area contributed by atoms with Crippen molar-refractivity contribution in [3.8, 4) is 0 Å². The van der Waals surface area contributed by atoms with Crippen LogP contribution in [0.25, 0.3) is 11.0 Å². The fraction of sp³-hybridized carbons (Fsp3) is 0.300. The van der Waals surface area contributed by atoms with Crippen LogP contribution < -0.4 is 5.32 Å². The average Bonchev–Trinajstić information content (AvgIpc) is 3.08. The van der Waals surface area contributed by atoms with Gasteiger partial charge in [0.15, 0.2) is 11.6 Å². The van der Waals surface area contributed by atoms with Gasteiger partial charge in [-0.3, -0.25) is 4.79 Å². The Morgan fingerprint density at radius 1 is 1.11 bits per heavy atom. The number of hydrogen-bond acceptors (Lipinski definition) is 2. The van der Waals surface area contributed by atoms with Crippen LogP contribution >= 0.6 is 11.6 Å². The monoisotopic (exact) mass is 389 g/mol. The van der Waals surface area contributed by atoms with Crippen LogP contribution in [0, 0.1) is 11.6 Å². The molecule has 0 atom stereocenters. The smallest absolute Gasteiger partial charge is 0.257 e. The molecule has 0 spiro atoms. The highest BCUT2D eigenvalue weighted by Crippen LogP contribution is 2.31. The molecule has 0 aliphatic heterocycles. The number of hydrogen-bond donors (Lipinski definition) is 1. The molecule has 0 saturated heterocycles. The zero-order valence-electron chi connectivity index (χ0n) is 14.5. The largest absolute Gasteiger partial charge is 0.327 e. The minimum Gasteiger partial charge on any atom is -0.327 e. The van der Waals surface area contributed by atoms with Crippen molar-refractivity contribution in [1.82, 2.24) is 9.55 Å². The van der Waals surface area contributed by atoms with Gasteiger partial charge in [-0.25, -0.2) is 13.8 Å². The van der Waals surface area contributed by atoms with Crippen molar-refractivity contribution in [3.05, 3.63) is 58.9 Å². The zero-order valence-corrected chi connectivity index (χ0v) is 15.3. The van der Waals surface area contributed by atoms with Gasteiger partial charge in [-0.05, 0) is 43.2 Å². The van der Waals surface area contributed by atoms with E-state index in [9.17, 15) is 13.6 Å². The number of halogens is 3. The number of amides is 1. The molecule has 1 amide bonds. The summed E-state index contributed by atoms with van der Waals surface area (Å²) >= 11 is 5.86. The van der Waals surface area contributed by atoms with Gasteiger partial charge in [0.1, 0.15) is 0 Å². The highest BCUT2D eigenvalue weighted by molar-refractivity contribution is 6.34. The fourth-order valence-electron chi connectivity index (χ4n) is 3.65. The van der Waals surface area contributed by atoms with Crippen LogP contribution in [-0.4, -0.2) is 15.5 Å². The Hall–Kier alpha value is -2.47. The topological polar surface area (TPSA) is 46.9 Å². The number of nitrogens with zero attached hydrogens (tertiary/aromatic N) is 2. The zero-order chi connectivity index (χ0) is 19.0.